The van der Waals surface area contributed by atoms with Crippen molar-refractivity contribution in [1.82, 2.24) is 9.97 Å². The van der Waals surface area contributed by atoms with Gasteiger partial charge in [-0.25, -0.2) is 0 Å². The highest BCUT2D eigenvalue weighted by molar-refractivity contribution is 6.25. The van der Waals surface area contributed by atoms with Crippen LogP contribution in [0, 0.1) is 0 Å². The van der Waals surface area contributed by atoms with E-state index in [2.05, 4.69) is 15.3 Å². The summed E-state index contributed by atoms with van der Waals surface area (Å²) in [5.41, 5.74) is 12.5. The van der Waals surface area contributed by atoms with Crippen molar-refractivity contribution >= 4 is 31.5 Å². The molecule has 0 aliphatic carbocycles. The third-order valence-electron chi connectivity index (χ3n) is 1.78. The van der Waals surface area contributed by atoms with Gasteiger partial charge in [0.05, 0.1) is 5.56 Å². The minimum absolute atomic E-state index is 0.164. The van der Waals surface area contributed by atoms with Crippen LogP contribution in [-0.4, -0.2) is 24.4 Å². The Bertz CT molecular complexity index is 387. The Morgan fingerprint density at radius 1 is 1.38 bits per heavy atom. The quantitative estimate of drug-likeness (QED) is 0.463. The molecule has 0 spiro atoms. The van der Waals surface area contributed by atoms with E-state index in [-0.39, 0.29) is 5.95 Å². The van der Waals surface area contributed by atoms with Gasteiger partial charge in [-0.2, -0.15) is 9.97 Å². The first kappa shape index (κ1) is 7.91. The van der Waals surface area contributed by atoms with Crippen molar-refractivity contribution in [2.24, 2.45) is 0 Å². The number of anilines is 3. The molecule has 1 aromatic heterocycles. The fraction of sp³-hybridized carbons (Fsp3) is 0.143. The van der Waals surface area contributed by atoms with E-state index in [4.69, 9.17) is 19.3 Å². The molecular formula is C7H8BN5. The van der Waals surface area contributed by atoms with Gasteiger partial charge in [0.1, 0.15) is 19.5 Å². The highest BCUT2D eigenvalue weighted by Gasteiger charge is 2.12. The summed E-state index contributed by atoms with van der Waals surface area (Å²) in [5, 5.41) is 2.99. The monoisotopic (exact) mass is 173 g/mol. The standard InChI is InChI=1S/C7H8BN5/c8-3-1-4-5(9)12-7(10)13-6(4)11-2-3/h1H,2H2,(H5,9,10,11,12,13). The fourth-order valence-electron chi connectivity index (χ4n) is 1.20. The Morgan fingerprint density at radius 3 is 2.92 bits per heavy atom. The zero-order valence-corrected chi connectivity index (χ0v) is 6.91. The van der Waals surface area contributed by atoms with Crippen LogP contribution < -0.4 is 16.8 Å². The molecule has 1 aliphatic heterocycles. The molecule has 64 valence electrons. The number of hydrogen-bond acceptors (Lipinski definition) is 5. The molecule has 0 amide bonds. The van der Waals surface area contributed by atoms with E-state index < -0.39 is 0 Å². The summed E-state index contributed by atoms with van der Waals surface area (Å²) in [7, 11) is 5.61. The fourth-order valence-corrected chi connectivity index (χ4v) is 1.20. The van der Waals surface area contributed by atoms with Crippen molar-refractivity contribution in [3.8, 4) is 0 Å². The lowest BCUT2D eigenvalue weighted by Crippen LogP contribution is -2.15. The molecule has 5 nitrogen and oxygen atoms in total. The van der Waals surface area contributed by atoms with Crippen LogP contribution in [0.15, 0.2) is 5.47 Å². The Balaban J connectivity index is 2.61. The summed E-state index contributed by atoms with van der Waals surface area (Å²) in [5.74, 6) is 1.15. The van der Waals surface area contributed by atoms with Gasteiger partial charge in [-0.05, 0) is 0 Å². The van der Waals surface area contributed by atoms with Gasteiger partial charge in [-0.3, -0.25) is 0 Å². The topological polar surface area (TPSA) is 89.8 Å². The number of nitrogen functional groups attached to an aromatic ring is 2. The Labute approximate surface area is 76.7 Å². The minimum atomic E-state index is 0.164. The summed E-state index contributed by atoms with van der Waals surface area (Å²) in [6.45, 7) is 0.558. The average Bonchev–Trinajstić information content (AvgIpc) is 2.06. The Morgan fingerprint density at radius 2 is 2.15 bits per heavy atom. The Kier molecular flexibility index (Phi) is 1.61. The zero-order chi connectivity index (χ0) is 9.42. The lowest BCUT2D eigenvalue weighted by atomic mass is 9.91. The maximum atomic E-state index is 5.63. The second kappa shape index (κ2) is 2.65. The van der Waals surface area contributed by atoms with E-state index >= 15 is 0 Å². The van der Waals surface area contributed by atoms with Crippen LogP contribution in [0.25, 0.3) is 6.08 Å². The molecule has 2 rings (SSSR count). The van der Waals surface area contributed by atoms with Gasteiger partial charge in [0.2, 0.25) is 5.95 Å². The van der Waals surface area contributed by atoms with Crippen LogP contribution in [0.1, 0.15) is 5.56 Å². The first-order chi connectivity index (χ1) is 6.16. The van der Waals surface area contributed by atoms with E-state index in [9.17, 15) is 0 Å². The second-order valence-electron chi connectivity index (χ2n) is 2.80. The van der Waals surface area contributed by atoms with E-state index in [0.717, 1.165) is 0 Å². The summed E-state index contributed by atoms with van der Waals surface area (Å²) >= 11 is 0. The lowest BCUT2D eigenvalue weighted by molar-refractivity contribution is 1.13. The molecule has 5 N–H and O–H groups in total. The van der Waals surface area contributed by atoms with Crippen molar-refractivity contribution in [2.75, 3.05) is 23.3 Å². The number of rotatable bonds is 0. The highest BCUT2D eigenvalue weighted by atomic mass is 15.1. The molecule has 13 heavy (non-hydrogen) atoms. The highest BCUT2D eigenvalue weighted by Crippen LogP contribution is 2.25. The van der Waals surface area contributed by atoms with Gasteiger partial charge in [-0.15, -0.1) is 0 Å². The molecular weight excluding hydrogens is 165 g/mol. The molecule has 6 heteroatoms. The summed E-state index contributed by atoms with van der Waals surface area (Å²) in [6, 6.07) is 0. The van der Waals surface area contributed by atoms with Gasteiger partial charge in [0.25, 0.3) is 0 Å². The van der Waals surface area contributed by atoms with Crippen LogP contribution in [0.5, 0.6) is 0 Å². The normalized spacial score (nSPS) is 14.3. The van der Waals surface area contributed by atoms with Crippen molar-refractivity contribution in [3.05, 3.63) is 11.0 Å². The summed E-state index contributed by atoms with van der Waals surface area (Å²) in [4.78, 5) is 7.81. The molecule has 0 unspecified atom stereocenters. The van der Waals surface area contributed by atoms with Gasteiger partial charge in [0.15, 0.2) is 0 Å². The second-order valence-corrected chi connectivity index (χ2v) is 2.80. The summed E-state index contributed by atoms with van der Waals surface area (Å²) in [6.07, 6.45) is 1.75. The lowest BCUT2D eigenvalue weighted by Gasteiger charge is -2.16. The number of nitrogens with zero attached hydrogens (tertiary/aromatic N) is 2. The van der Waals surface area contributed by atoms with Gasteiger partial charge in [0, 0.05) is 6.54 Å². The molecule has 0 bridgehead atoms. The van der Waals surface area contributed by atoms with Crippen molar-refractivity contribution in [3.63, 3.8) is 0 Å². The number of nitrogens with two attached hydrogens (primary N) is 2. The molecule has 1 aliphatic rings. The van der Waals surface area contributed by atoms with Crippen LogP contribution in [0.3, 0.4) is 0 Å². The first-order valence-corrected chi connectivity index (χ1v) is 3.79. The third-order valence-corrected chi connectivity index (χ3v) is 1.78. The smallest absolute Gasteiger partial charge is 0.223 e. The predicted octanol–water partition coefficient (Wildman–Crippen LogP) is -0.424. The average molecular weight is 173 g/mol. The van der Waals surface area contributed by atoms with Gasteiger partial charge in [-0.1, -0.05) is 11.5 Å². The number of fused-ring (bicyclic) bond motifs is 1. The van der Waals surface area contributed by atoms with Crippen molar-refractivity contribution < 1.29 is 0 Å². The van der Waals surface area contributed by atoms with Crippen LogP contribution in [0.4, 0.5) is 17.6 Å². The molecule has 2 radical (unpaired) electrons. The summed E-state index contributed by atoms with van der Waals surface area (Å²) < 4.78 is 0. The SMILES string of the molecule is [B]C1=Cc2c(N)nc(N)nc2NC1. The largest absolute Gasteiger partial charge is 0.383 e. The van der Waals surface area contributed by atoms with E-state index in [0.29, 0.717) is 29.2 Å². The molecule has 0 fully saturated rings. The van der Waals surface area contributed by atoms with Gasteiger partial charge >= 0.3 is 0 Å². The predicted molar refractivity (Wildman–Crippen MR) is 53.1 cm³/mol. The van der Waals surface area contributed by atoms with E-state index in [1.807, 2.05) is 0 Å². The Hall–Kier alpha value is -1.72. The molecule has 0 saturated heterocycles. The third kappa shape index (κ3) is 1.30. The number of hydrogen-bond donors (Lipinski definition) is 3. The van der Waals surface area contributed by atoms with E-state index in [1.54, 1.807) is 6.08 Å². The first-order valence-electron chi connectivity index (χ1n) is 3.79. The molecule has 0 saturated carbocycles. The molecule has 1 aromatic rings. The maximum absolute atomic E-state index is 5.63. The molecule has 2 heterocycles. The van der Waals surface area contributed by atoms with Crippen LogP contribution in [-0.2, 0) is 0 Å². The van der Waals surface area contributed by atoms with Crippen LogP contribution in [0.2, 0.25) is 0 Å². The van der Waals surface area contributed by atoms with Crippen LogP contribution >= 0.6 is 0 Å². The maximum Gasteiger partial charge on any atom is 0.223 e. The van der Waals surface area contributed by atoms with Crippen molar-refractivity contribution in [1.29, 1.82) is 0 Å². The minimum Gasteiger partial charge on any atom is -0.383 e. The number of aromatic nitrogens is 2. The molecule has 0 atom stereocenters. The van der Waals surface area contributed by atoms with Crippen molar-refractivity contribution in [2.45, 2.75) is 0 Å². The number of nitrogens with one attached hydrogen (secondary N) is 1. The van der Waals surface area contributed by atoms with Gasteiger partial charge < -0.3 is 16.8 Å². The zero-order valence-electron chi connectivity index (χ0n) is 6.91. The molecule has 0 aromatic carbocycles. The van der Waals surface area contributed by atoms with E-state index in [1.165, 1.54) is 0 Å².